The van der Waals surface area contributed by atoms with Crippen molar-refractivity contribution < 1.29 is 13.9 Å². The van der Waals surface area contributed by atoms with E-state index < -0.39 is 23.3 Å². The van der Waals surface area contributed by atoms with E-state index in [-0.39, 0.29) is 5.69 Å². The van der Waals surface area contributed by atoms with E-state index in [1.807, 2.05) is 11.0 Å². The topological polar surface area (TPSA) is 58.4 Å². The third-order valence-electron chi connectivity index (χ3n) is 4.87. The third kappa shape index (κ3) is 3.30. The number of hydrogen-bond donors (Lipinski definition) is 1. The molecule has 0 bridgehead atoms. The lowest BCUT2D eigenvalue weighted by atomic mass is 10.1. The summed E-state index contributed by atoms with van der Waals surface area (Å²) in [5.41, 5.74) is -0.584. The predicted molar refractivity (Wildman–Crippen MR) is 99.3 cm³/mol. The van der Waals surface area contributed by atoms with Gasteiger partial charge in [-0.2, -0.15) is 4.68 Å². The van der Waals surface area contributed by atoms with Crippen LogP contribution in [-0.4, -0.2) is 34.1 Å². The average molecular weight is 371 g/mol. The van der Waals surface area contributed by atoms with E-state index in [1.165, 1.54) is 6.07 Å². The van der Waals surface area contributed by atoms with Gasteiger partial charge in [0.1, 0.15) is 11.5 Å². The first-order valence-electron chi connectivity index (χ1n) is 8.95. The highest BCUT2D eigenvalue weighted by Crippen LogP contribution is 2.26. The summed E-state index contributed by atoms with van der Waals surface area (Å²) in [7, 11) is 0. The molecule has 2 aromatic carbocycles. The van der Waals surface area contributed by atoms with Crippen LogP contribution in [0.3, 0.4) is 0 Å². The van der Waals surface area contributed by atoms with Gasteiger partial charge in [0.25, 0.3) is 5.56 Å². The normalized spacial score (nSPS) is 17.9. The van der Waals surface area contributed by atoms with Crippen LogP contribution >= 0.6 is 0 Å². The van der Waals surface area contributed by atoms with Crippen molar-refractivity contribution in [3.05, 3.63) is 64.5 Å². The van der Waals surface area contributed by atoms with E-state index in [2.05, 4.69) is 5.10 Å². The molecule has 1 aromatic heterocycles. The molecule has 1 atom stereocenters. The zero-order valence-corrected chi connectivity index (χ0v) is 14.6. The van der Waals surface area contributed by atoms with Gasteiger partial charge >= 0.3 is 0 Å². The first-order valence-corrected chi connectivity index (χ1v) is 8.95. The fraction of sp³-hybridized carbons (Fsp3) is 0.300. The van der Waals surface area contributed by atoms with Crippen molar-refractivity contribution in [1.82, 2.24) is 9.78 Å². The summed E-state index contributed by atoms with van der Waals surface area (Å²) in [5.74, 6) is -1.07. The fourth-order valence-corrected chi connectivity index (χ4v) is 3.53. The number of β-amino-alcohol motifs (C(OH)–C–C–N with tert-alkyl or cyclic N) is 1. The Morgan fingerprint density at radius 3 is 2.63 bits per heavy atom. The van der Waals surface area contributed by atoms with Crippen LogP contribution in [0.1, 0.15) is 19.3 Å². The summed E-state index contributed by atoms with van der Waals surface area (Å²) < 4.78 is 28.6. The second-order valence-corrected chi connectivity index (χ2v) is 6.78. The van der Waals surface area contributed by atoms with Gasteiger partial charge < -0.3 is 10.0 Å². The Morgan fingerprint density at radius 1 is 1.07 bits per heavy atom. The zero-order valence-electron chi connectivity index (χ0n) is 14.6. The van der Waals surface area contributed by atoms with Gasteiger partial charge in [-0.25, -0.2) is 8.78 Å². The van der Waals surface area contributed by atoms with Crippen LogP contribution in [0, 0.1) is 11.6 Å². The van der Waals surface area contributed by atoms with Crippen molar-refractivity contribution in [2.45, 2.75) is 25.4 Å². The number of benzene rings is 2. The van der Waals surface area contributed by atoms with Crippen LogP contribution in [0.2, 0.25) is 0 Å². The van der Waals surface area contributed by atoms with Crippen molar-refractivity contribution in [1.29, 1.82) is 0 Å². The minimum atomic E-state index is -0.860. The quantitative estimate of drug-likeness (QED) is 0.752. The summed E-state index contributed by atoms with van der Waals surface area (Å²) in [6.07, 6.45) is 2.01. The molecule has 140 valence electrons. The molecule has 7 heteroatoms. The van der Waals surface area contributed by atoms with Crippen molar-refractivity contribution in [2.24, 2.45) is 0 Å². The van der Waals surface area contributed by atoms with Gasteiger partial charge in [-0.15, -0.1) is 5.10 Å². The number of rotatable bonds is 2. The highest BCUT2D eigenvalue weighted by molar-refractivity contribution is 5.91. The number of fused-ring (bicyclic) bond motifs is 1. The molecule has 3 aromatic rings. The molecule has 1 fully saturated rings. The molecular formula is C20H19F2N3O2. The lowest BCUT2D eigenvalue weighted by Gasteiger charge is -2.25. The van der Waals surface area contributed by atoms with E-state index in [4.69, 9.17) is 0 Å². The third-order valence-corrected chi connectivity index (χ3v) is 4.87. The first kappa shape index (κ1) is 17.6. The maximum Gasteiger partial charge on any atom is 0.279 e. The summed E-state index contributed by atoms with van der Waals surface area (Å²) >= 11 is 0. The van der Waals surface area contributed by atoms with E-state index in [0.29, 0.717) is 36.1 Å². The lowest BCUT2D eigenvalue weighted by Crippen LogP contribution is -2.34. The molecule has 4 rings (SSSR count). The van der Waals surface area contributed by atoms with Crippen molar-refractivity contribution in [3.63, 3.8) is 0 Å². The van der Waals surface area contributed by atoms with Gasteiger partial charge in [0.2, 0.25) is 0 Å². The Morgan fingerprint density at radius 2 is 1.85 bits per heavy atom. The van der Waals surface area contributed by atoms with Crippen LogP contribution in [-0.2, 0) is 0 Å². The molecular weight excluding hydrogens is 352 g/mol. The fourth-order valence-electron chi connectivity index (χ4n) is 3.53. The van der Waals surface area contributed by atoms with Crippen molar-refractivity contribution in [3.8, 4) is 5.69 Å². The molecule has 27 heavy (non-hydrogen) atoms. The summed E-state index contributed by atoms with van der Waals surface area (Å²) in [5, 5.41) is 15.6. The Hall–Kier alpha value is -2.80. The highest BCUT2D eigenvalue weighted by Gasteiger charge is 2.22. The van der Waals surface area contributed by atoms with Crippen LogP contribution in [0.25, 0.3) is 16.5 Å². The molecule has 0 spiro atoms. The Kier molecular flexibility index (Phi) is 4.61. The van der Waals surface area contributed by atoms with Gasteiger partial charge in [0, 0.05) is 24.5 Å². The molecule has 0 aliphatic carbocycles. The molecule has 0 radical (unpaired) electrons. The van der Waals surface area contributed by atoms with Crippen LogP contribution in [0.4, 0.5) is 14.6 Å². The number of anilines is 1. The van der Waals surface area contributed by atoms with Crippen LogP contribution in [0.5, 0.6) is 0 Å². The number of aromatic nitrogens is 2. The van der Waals surface area contributed by atoms with Gasteiger partial charge in [-0.1, -0.05) is 18.2 Å². The molecule has 1 aliphatic heterocycles. The summed E-state index contributed by atoms with van der Waals surface area (Å²) in [6.45, 7) is 1.07. The second-order valence-electron chi connectivity index (χ2n) is 6.78. The molecule has 1 N–H and O–H groups in total. The molecule has 2 heterocycles. The van der Waals surface area contributed by atoms with E-state index >= 15 is 0 Å². The van der Waals surface area contributed by atoms with Crippen LogP contribution in [0.15, 0.2) is 47.3 Å². The smallest absolute Gasteiger partial charge is 0.279 e. The molecule has 0 saturated carbocycles. The zero-order chi connectivity index (χ0) is 19.0. The monoisotopic (exact) mass is 371 g/mol. The second kappa shape index (κ2) is 7.08. The molecule has 5 nitrogen and oxygen atoms in total. The predicted octanol–water partition coefficient (Wildman–Crippen LogP) is 3.02. The van der Waals surface area contributed by atoms with Gasteiger partial charge in [-0.3, -0.25) is 4.79 Å². The largest absolute Gasteiger partial charge is 0.391 e. The highest BCUT2D eigenvalue weighted by atomic mass is 19.1. The number of halogens is 2. The van der Waals surface area contributed by atoms with Crippen LogP contribution < -0.4 is 10.5 Å². The number of hydrogen-bond acceptors (Lipinski definition) is 4. The molecule has 1 unspecified atom stereocenters. The minimum Gasteiger partial charge on any atom is -0.391 e. The number of nitrogens with zero attached hydrogens (tertiary/aromatic N) is 3. The number of aliphatic hydroxyl groups excluding tert-OH is 1. The minimum absolute atomic E-state index is 0.108. The van der Waals surface area contributed by atoms with E-state index in [1.54, 1.807) is 18.2 Å². The number of aliphatic hydroxyl groups is 1. The maximum atomic E-state index is 14.3. The van der Waals surface area contributed by atoms with Gasteiger partial charge in [0.05, 0.1) is 11.5 Å². The molecule has 1 aliphatic rings. The average Bonchev–Trinajstić information content (AvgIpc) is 2.87. The van der Waals surface area contributed by atoms with Crippen molar-refractivity contribution in [2.75, 3.05) is 18.0 Å². The molecule has 1 saturated heterocycles. The van der Waals surface area contributed by atoms with Gasteiger partial charge in [0.15, 0.2) is 11.6 Å². The van der Waals surface area contributed by atoms with Crippen molar-refractivity contribution >= 4 is 16.6 Å². The molecule has 0 amide bonds. The SMILES string of the molecule is O=c1c2ccccc2c(N2CCCCC(O)C2)nn1-c1ccc(F)cc1F. The Labute approximate surface area is 154 Å². The maximum absolute atomic E-state index is 14.3. The standard InChI is InChI=1S/C20H19F2N3O2/c21-13-8-9-18(17(22)11-13)25-20(27)16-7-2-1-6-15(16)19(23-25)24-10-4-3-5-14(26)12-24/h1-2,6-9,11,14,26H,3-5,10,12H2. The summed E-state index contributed by atoms with van der Waals surface area (Å²) in [6, 6.07) is 10.0. The van der Waals surface area contributed by atoms with Gasteiger partial charge in [-0.05, 0) is 37.5 Å². The van der Waals surface area contributed by atoms with E-state index in [0.717, 1.165) is 29.7 Å². The Balaban J connectivity index is 1.96. The first-order chi connectivity index (χ1) is 13.0. The van der Waals surface area contributed by atoms with E-state index in [9.17, 15) is 18.7 Å². The lowest BCUT2D eigenvalue weighted by molar-refractivity contribution is 0.174. The Bertz CT molecular complexity index is 1050. The summed E-state index contributed by atoms with van der Waals surface area (Å²) in [4.78, 5) is 14.8.